The van der Waals surface area contributed by atoms with Crippen molar-refractivity contribution in [3.8, 4) is 44.5 Å². The van der Waals surface area contributed by atoms with E-state index in [1.807, 2.05) is 0 Å². The molecule has 0 saturated carbocycles. The maximum atomic E-state index is 2.60. The van der Waals surface area contributed by atoms with E-state index in [0.717, 1.165) is 11.4 Å². The van der Waals surface area contributed by atoms with Crippen LogP contribution in [0.5, 0.6) is 0 Å². The van der Waals surface area contributed by atoms with Gasteiger partial charge in [-0.2, -0.15) is 0 Å². The largest absolute Gasteiger partial charge is 0.309 e. The maximum Gasteiger partial charge on any atom is 0.0754 e. The highest BCUT2D eigenvalue weighted by molar-refractivity contribution is 6.29. The number of fused-ring (bicyclic) bond motifs is 22. The number of benzene rings is 15. The lowest BCUT2D eigenvalue weighted by Gasteiger charge is -2.45. The van der Waals surface area contributed by atoms with Crippen LogP contribution >= 0.6 is 0 Å². The van der Waals surface area contributed by atoms with E-state index >= 15 is 0 Å². The molecule has 2 nitrogen and oxygen atoms in total. The van der Waals surface area contributed by atoms with E-state index < -0.39 is 10.8 Å². The molecule has 0 N–H and O–H groups in total. The highest BCUT2D eigenvalue weighted by Crippen LogP contribution is 2.66. The van der Waals surface area contributed by atoms with Crippen LogP contribution in [0.1, 0.15) is 44.5 Å². The second kappa shape index (κ2) is 17.7. The maximum absolute atomic E-state index is 2.60. The Morgan fingerprint density at radius 1 is 0.174 bits per heavy atom. The van der Waals surface area contributed by atoms with E-state index in [0.29, 0.717) is 0 Å². The van der Waals surface area contributed by atoms with Gasteiger partial charge < -0.3 is 9.80 Å². The van der Waals surface area contributed by atoms with E-state index in [2.05, 4.69) is 325 Å². The van der Waals surface area contributed by atoms with E-state index in [-0.39, 0.29) is 0 Å². The first kappa shape index (κ1) is 47.4. The number of anilines is 6. The molecule has 2 spiro atoms. The van der Waals surface area contributed by atoms with Crippen molar-refractivity contribution in [1.82, 2.24) is 0 Å². The summed E-state index contributed by atoms with van der Waals surface area (Å²) in [5.41, 5.74) is 26.3. The zero-order valence-electron chi connectivity index (χ0n) is 46.9. The van der Waals surface area contributed by atoms with Crippen LogP contribution in [-0.4, -0.2) is 0 Å². The van der Waals surface area contributed by atoms with E-state index in [4.69, 9.17) is 0 Å². The molecule has 0 aromatic heterocycles. The molecule has 15 aromatic carbocycles. The summed E-state index contributed by atoms with van der Waals surface area (Å²) < 4.78 is 0. The average molecular weight is 1090 g/mol. The molecular weight excluding hydrogens is 1040 g/mol. The molecule has 2 aliphatic carbocycles. The Morgan fingerprint density at radius 2 is 0.419 bits per heavy atom. The fraction of sp³-hybridized carbons (Fsp3) is 0.0238. The lowest BCUT2D eigenvalue weighted by Crippen LogP contribution is -2.36. The van der Waals surface area contributed by atoms with Gasteiger partial charge in [-0.1, -0.05) is 273 Å². The predicted molar refractivity (Wildman–Crippen MR) is 358 cm³/mol. The standard InChI is InChI=1S/C84H52N2/c1-2-26-53(27-3-1)80-58-32-4-6-34-60(58)81(61-35-7-5-33-59(61)80)82-62-36-24-50-74(85-76-46-20-16-42-70(76)83(71-43-17-21-47-77(71)85)66-38-12-8-28-54(66)55-29-9-13-39-67(55)83)64(62)52-65-63(82)37-25-51-75(65)86-78-48-22-18-44-72(78)84(73-45-19-23-49-79(73)86)68-40-14-10-30-56(68)57-31-11-15-41-69(57)84/h1-52H. The zero-order chi connectivity index (χ0) is 56.2. The van der Waals surface area contributed by atoms with Gasteiger partial charge in [0.1, 0.15) is 0 Å². The fourth-order valence-electron chi connectivity index (χ4n) is 16.8. The van der Waals surface area contributed by atoms with Crippen molar-refractivity contribution in [2.45, 2.75) is 10.8 Å². The summed E-state index contributed by atoms with van der Waals surface area (Å²) in [7, 11) is 0. The minimum atomic E-state index is -0.544. The molecule has 398 valence electrons. The van der Waals surface area contributed by atoms with Gasteiger partial charge in [-0.05, 0) is 164 Å². The van der Waals surface area contributed by atoms with Crippen molar-refractivity contribution in [3.63, 3.8) is 0 Å². The van der Waals surface area contributed by atoms with Crippen LogP contribution in [0.3, 0.4) is 0 Å². The molecule has 2 aliphatic heterocycles. The van der Waals surface area contributed by atoms with Crippen molar-refractivity contribution >= 4 is 77.2 Å². The molecule has 0 fully saturated rings. The lowest BCUT2D eigenvalue weighted by molar-refractivity contribution is 0.753. The lowest BCUT2D eigenvalue weighted by atomic mass is 9.64. The quantitative estimate of drug-likeness (QED) is 0.162. The first-order valence-electron chi connectivity index (χ1n) is 30.1. The van der Waals surface area contributed by atoms with Gasteiger partial charge in [0.15, 0.2) is 0 Å². The summed E-state index contributed by atoms with van der Waals surface area (Å²) in [6.45, 7) is 0. The topological polar surface area (TPSA) is 6.48 Å². The second-order valence-corrected chi connectivity index (χ2v) is 23.6. The van der Waals surface area contributed by atoms with Crippen LogP contribution in [0.2, 0.25) is 0 Å². The third-order valence-electron chi connectivity index (χ3n) is 19.8. The summed E-state index contributed by atoms with van der Waals surface area (Å²) >= 11 is 0. The third-order valence-corrected chi connectivity index (χ3v) is 19.8. The van der Waals surface area contributed by atoms with Crippen LogP contribution in [0, 0.1) is 0 Å². The SMILES string of the molecule is c1ccc(-c2c3ccccc3c(-c3c4cccc(N5c6ccccc6C6(c7ccccc7-c7ccccc76)c6ccccc65)c4cc4c(N5c6ccccc6C6(c7ccccc7-c7ccccc76)c6ccccc65)cccc34)c3ccccc23)cc1. The van der Waals surface area contributed by atoms with Crippen LogP contribution in [0.25, 0.3) is 87.6 Å². The van der Waals surface area contributed by atoms with Crippen LogP contribution < -0.4 is 9.80 Å². The molecular formula is C84H52N2. The molecule has 0 bridgehead atoms. The molecule has 15 aromatic rings. The smallest absolute Gasteiger partial charge is 0.0754 e. The summed E-state index contributed by atoms with van der Waals surface area (Å²) in [6, 6.07) is 119. The van der Waals surface area contributed by atoms with Crippen molar-refractivity contribution in [1.29, 1.82) is 0 Å². The average Bonchev–Trinajstić information content (AvgIpc) is 1.42. The minimum absolute atomic E-state index is 0.544. The summed E-state index contributed by atoms with van der Waals surface area (Å²) in [6.07, 6.45) is 0. The molecule has 0 atom stereocenters. The Hall–Kier alpha value is -11.1. The van der Waals surface area contributed by atoms with Crippen LogP contribution in [0.15, 0.2) is 315 Å². The highest BCUT2D eigenvalue weighted by atomic mass is 15.2. The molecule has 0 saturated heterocycles. The molecule has 2 heterocycles. The van der Waals surface area contributed by atoms with Gasteiger partial charge in [0, 0.05) is 10.8 Å². The molecule has 2 heteroatoms. The van der Waals surface area contributed by atoms with Crippen molar-refractivity contribution in [3.05, 3.63) is 360 Å². The van der Waals surface area contributed by atoms with Gasteiger partial charge in [0.25, 0.3) is 0 Å². The summed E-state index contributed by atoms with van der Waals surface area (Å²) in [5.74, 6) is 0. The van der Waals surface area contributed by atoms with E-state index in [1.54, 1.807) is 0 Å². The van der Waals surface area contributed by atoms with Crippen molar-refractivity contribution < 1.29 is 0 Å². The van der Waals surface area contributed by atoms with Gasteiger partial charge in [0.2, 0.25) is 0 Å². The van der Waals surface area contributed by atoms with E-state index in [9.17, 15) is 0 Å². The molecule has 0 radical (unpaired) electrons. The van der Waals surface area contributed by atoms with Gasteiger partial charge >= 0.3 is 0 Å². The van der Waals surface area contributed by atoms with Crippen molar-refractivity contribution in [2.75, 3.05) is 9.80 Å². The Morgan fingerprint density at radius 3 is 0.767 bits per heavy atom. The van der Waals surface area contributed by atoms with Gasteiger partial charge in [-0.15, -0.1) is 0 Å². The zero-order valence-corrected chi connectivity index (χ0v) is 46.9. The van der Waals surface area contributed by atoms with Crippen LogP contribution in [-0.2, 0) is 10.8 Å². The first-order chi connectivity index (χ1) is 42.7. The molecule has 0 unspecified atom stereocenters. The fourth-order valence-corrected chi connectivity index (χ4v) is 16.8. The molecule has 86 heavy (non-hydrogen) atoms. The highest BCUT2D eigenvalue weighted by Gasteiger charge is 2.53. The third kappa shape index (κ3) is 5.99. The van der Waals surface area contributed by atoms with Gasteiger partial charge in [-0.25, -0.2) is 0 Å². The van der Waals surface area contributed by atoms with Gasteiger partial charge in [-0.3, -0.25) is 0 Å². The summed E-state index contributed by atoms with van der Waals surface area (Å²) in [4.78, 5) is 5.19. The summed E-state index contributed by atoms with van der Waals surface area (Å²) in [5, 5.41) is 9.63. The first-order valence-corrected chi connectivity index (χ1v) is 30.1. The van der Waals surface area contributed by atoms with Crippen LogP contribution in [0.4, 0.5) is 34.1 Å². The predicted octanol–water partition coefficient (Wildman–Crippen LogP) is 21.9. The second-order valence-electron chi connectivity index (χ2n) is 23.6. The number of nitrogens with zero attached hydrogens (tertiary/aromatic N) is 2. The number of hydrogen-bond acceptors (Lipinski definition) is 2. The Bertz CT molecular complexity index is 4900. The molecule has 19 rings (SSSR count). The molecule has 4 aliphatic rings. The Labute approximate surface area is 499 Å². The minimum Gasteiger partial charge on any atom is -0.309 e. The van der Waals surface area contributed by atoms with Gasteiger partial charge in [0.05, 0.1) is 45.0 Å². The van der Waals surface area contributed by atoms with Crippen molar-refractivity contribution in [2.24, 2.45) is 0 Å². The Kier molecular flexibility index (Phi) is 9.78. The Balaban J connectivity index is 0.950. The number of para-hydroxylation sites is 4. The number of hydrogen-bond donors (Lipinski definition) is 0. The normalized spacial score (nSPS) is 14.2. The van der Waals surface area contributed by atoms with E-state index in [1.165, 1.54) is 155 Å². The monoisotopic (exact) mass is 1090 g/mol. The number of rotatable bonds is 4. The molecule has 0 amide bonds.